The fourth-order valence-corrected chi connectivity index (χ4v) is 2.49. The smallest absolute Gasteiger partial charge is 0.377 e. The van der Waals surface area contributed by atoms with Crippen LogP contribution < -0.4 is 9.80 Å². The molecule has 0 saturated carbocycles. The molecule has 0 spiro atoms. The molecule has 27 heavy (non-hydrogen) atoms. The minimum atomic E-state index is -0.295. The van der Waals surface area contributed by atoms with Gasteiger partial charge in [0.1, 0.15) is 17.7 Å². The predicted octanol–water partition coefficient (Wildman–Crippen LogP) is 3.22. The molecule has 0 atom stereocenters. The molecule has 1 heterocycles. The summed E-state index contributed by atoms with van der Waals surface area (Å²) < 4.78 is 0. The highest BCUT2D eigenvalue weighted by molar-refractivity contribution is 5.70. The van der Waals surface area contributed by atoms with E-state index in [4.69, 9.17) is 0 Å². The molecule has 0 radical (unpaired) electrons. The summed E-state index contributed by atoms with van der Waals surface area (Å²) in [7, 11) is 3.41. The number of nitrogens with zero attached hydrogens (tertiary/aromatic N) is 5. The lowest BCUT2D eigenvalue weighted by atomic mass is 10.2. The molecule has 0 aliphatic rings. The zero-order chi connectivity index (χ0) is 19.6. The first-order valence-corrected chi connectivity index (χ1v) is 7.95. The van der Waals surface area contributed by atoms with Crippen molar-refractivity contribution in [2.24, 2.45) is 0 Å². The Bertz CT molecular complexity index is 960. The summed E-state index contributed by atoms with van der Waals surface area (Å²) in [6.07, 6.45) is 1.22. The Kier molecular flexibility index (Phi) is 4.75. The lowest BCUT2D eigenvalue weighted by Crippen LogP contribution is -2.18. The first-order chi connectivity index (χ1) is 12.9. The Balaban J connectivity index is 2.03. The summed E-state index contributed by atoms with van der Waals surface area (Å²) in [5.74, 6) is 0.703. The van der Waals surface area contributed by atoms with Crippen molar-refractivity contribution in [2.75, 3.05) is 23.9 Å². The van der Waals surface area contributed by atoms with Gasteiger partial charge in [-0.15, -0.1) is 0 Å². The average molecular weight is 368 g/mol. The highest BCUT2D eigenvalue weighted by atomic mass is 16.6. The normalized spacial score (nSPS) is 10.4. The monoisotopic (exact) mass is 368 g/mol. The van der Waals surface area contributed by atoms with Gasteiger partial charge in [-0.05, 0) is 48.5 Å². The van der Waals surface area contributed by atoms with Crippen molar-refractivity contribution >= 4 is 28.8 Å². The molecule has 3 aromatic rings. The second-order valence-corrected chi connectivity index (χ2v) is 5.80. The summed E-state index contributed by atoms with van der Waals surface area (Å²) >= 11 is 0. The van der Waals surface area contributed by atoms with Gasteiger partial charge in [0.2, 0.25) is 11.8 Å². The van der Waals surface area contributed by atoms with Crippen molar-refractivity contribution in [2.45, 2.75) is 0 Å². The van der Waals surface area contributed by atoms with Crippen molar-refractivity contribution < 1.29 is 20.3 Å². The lowest BCUT2D eigenvalue weighted by Gasteiger charge is -2.21. The van der Waals surface area contributed by atoms with E-state index in [0.29, 0.717) is 5.69 Å². The molecule has 0 saturated heterocycles. The van der Waals surface area contributed by atoms with Crippen LogP contribution in [0.3, 0.4) is 0 Å². The van der Waals surface area contributed by atoms with Crippen molar-refractivity contribution in [3.63, 3.8) is 0 Å². The molecule has 3 rings (SSSR count). The van der Waals surface area contributed by atoms with E-state index in [1.54, 1.807) is 48.2 Å². The molecule has 1 aromatic heterocycles. The molecule has 0 fully saturated rings. The quantitative estimate of drug-likeness (QED) is 0.588. The Morgan fingerprint density at radius 3 is 1.81 bits per heavy atom. The molecule has 2 aromatic carbocycles. The summed E-state index contributed by atoms with van der Waals surface area (Å²) in [5.41, 5.74) is 1.24. The van der Waals surface area contributed by atoms with Gasteiger partial charge in [-0.1, -0.05) is 0 Å². The number of hydrogen-bond acceptors (Lipinski definition) is 7. The van der Waals surface area contributed by atoms with Gasteiger partial charge in [-0.3, -0.25) is 0 Å². The first kappa shape index (κ1) is 17.9. The molecule has 138 valence electrons. The number of rotatable bonds is 5. The SMILES string of the molecule is CN(c1ccc(O)cc1)c1ncc([N+](=O)O)c(N(C)c2ccc(O)cc2)n1. The molecule has 3 N–H and O–H groups in total. The van der Waals surface area contributed by atoms with E-state index < -0.39 is 0 Å². The molecule has 0 bridgehead atoms. The van der Waals surface area contributed by atoms with Crippen LogP contribution in [0.2, 0.25) is 0 Å². The van der Waals surface area contributed by atoms with E-state index in [0.717, 1.165) is 5.69 Å². The van der Waals surface area contributed by atoms with Crippen LogP contribution in [0.1, 0.15) is 0 Å². The zero-order valence-corrected chi connectivity index (χ0v) is 14.7. The van der Waals surface area contributed by atoms with Crippen LogP contribution in [0.4, 0.5) is 28.8 Å². The number of benzene rings is 2. The summed E-state index contributed by atoms with van der Waals surface area (Å²) in [6.45, 7) is 0. The molecule has 0 aliphatic heterocycles. The van der Waals surface area contributed by atoms with Crippen molar-refractivity contribution in [1.29, 1.82) is 0 Å². The minimum Gasteiger partial charge on any atom is -0.508 e. The van der Waals surface area contributed by atoms with Gasteiger partial charge in [0, 0.05) is 25.5 Å². The second-order valence-electron chi connectivity index (χ2n) is 5.80. The molecule has 9 nitrogen and oxygen atoms in total. The first-order valence-electron chi connectivity index (χ1n) is 7.95. The van der Waals surface area contributed by atoms with E-state index in [1.165, 1.54) is 30.5 Å². The molecule has 0 aliphatic carbocycles. The number of phenolic OH excluding ortho intramolecular Hbond substituents is 2. The Morgan fingerprint density at radius 2 is 1.33 bits per heavy atom. The summed E-state index contributed by atoms with van der Waals surface area (Å²) in [4.78, 5) is 23.0. The molecular weight excluding hydrogens is 350 g/mol. The van der Waals surface area contributed by atoms with Crippen molar-refractivity contribution in [1.82, 2.24) is 9.97 Å². The van der Waals surface area contributed by atoms with E-state index in [-0.39, 0.29) is 33.9 Å². The van der Waals surface area contributed by atoms with Gasteiger partial charge < -0.3 is 20.0 Å². The predicted molar refractivity (Wildman–Crippen MR) is 99.4 cm³/mol. The second kappa shape index (κ2) is 7.16. The van der Waals surface area contributed by atoms with E-state index in [1.807, 2.05) is 0 Å². The maximum atomic E-state index is 11.5. The van der Waals surface area contributed by atoms with Gasteiger partial charge in [0.15, 0.2) is 0 Å². The summed E-state index contributed by atoms with van der Waals surface area (Å²) in [6, 6.07) is 12.8. The average Bonchev–Trinajstić information content (AvgIpc) is 2.67. The maximum Gasteiger partial charge on any atom is 0.377 e. The van der Waals surface area contributed by atoms with Crippen LogP contribution in [0, 0.1) is 4.91 Å². The Morgan fingerprint density at radius 1 is 0.852 bits per heavy atom. The van der Waals surface area contributed by atoms with E-state index in [2.05, 4.69) is 9.97 Å². The lowest BCUT2D eigenvalue weighted by molar-refractivity contribution is -0.729. The third-order valence-corrected chi connectivity index (χ3v) is 4.04. The van der Waals surface area contributed by atoms with Gasteiger partial charge in [0.05, 0.1) is 4.91 Å². The van der Waals surface area contributed by atoms with Gasteiger partial charge in [-0.2, -0.15) is 4.98 Å². The molecule has 9 heteroatoms. The third kappa shape index (κ3) is 3.71. The fraction of sp³-hybridized carbons (Fsp3) is 0.111. The van der Waals surface area contributed by atoms with Crippen molar-refractivity contribution in [3.8, 4) is 11.5 Å². The van der Waals surface area contributed by atoms with Crippen LogP contribution in [0.25, 0.3) is 0 Å². The van der Waals surface area contributed by atoms with E-state index >= 15 is 0 Å². The maximum absolute atomic E-state index is 11.5. The fourth-order valence-electron chi connectivity index (χ4n) is 2.49. The van der Waals surface area contributed by atoms with E-state index in [9.17, 15) is 20.3 Å². The summed E-state index contributed by atoms with van der Waals surface area (Å²) in [5, 5.41) is 28.3. The number of aromatic hydroxyl groups is 2. The van der Waals surface area contributed by atoms with Gasteiger partial charge >= 0.3 is 5.69 Å². The largest absolute Gasteiger partial charge is 0.508 e. The number of aromatic nitrogens is 2. The Labute approximate surface area is 154 Å². The van der Waals surface area contributed by atoms with Gasteiger partial charge in [-0.25, -0.2) is 10.2 Å². The van der Waals surface area contributed by atoms with Crippen LogP contribution in [-0.4, -0.2) is 44.4 Å². The minimum absolute atomic E-state index is 0.107. The number of hydrogen-bond donors (Lipinski definition) is 3. The van der Waals surface area contributed by atoms with Gasteiger partial charge in [0.25, 0.3) is 4.92 Å². The standard InChI is InChI=1S/C18H17N5O4/c1-21(12-3-7-14(24)8-4-12)17-16(23(26)27)11-19-18(20-17)22(2)13-5-9-15(25)10-6-13/h3-11H,1-2H3,(H2-,24,25,26,27)/p+1. The third-order valence-electron chi connectivity index (χ3n) is 4.04. The van der Waals surface area contributed by atoms with Crippen LogP contribution in [0.15, 0.2) is 54.7 Å². The highest BCUT2D eigenvalue weighted by Gasteiger charge is 2.26. The molecular formula is C18H18N5O4+. The topological polar surface area (TPSA) is 113 Å². The number of phenols is 2. The zero-order valence-electron chi connectivity index (χ0n) is 14.7. The molecule has 0 amide bonds. The molecule has 0 unspecified atom stereocenters. The van der Waals surface area contributed by atoms with Crippen molar-refractivity contribution in [3.05, 3.63) is 59.6 Å². The Hall–Kier alpha value is -3.88. The van der Waals surface area contributed by atoms with Crippen LogP contribution in [0.5, 0.6) is 11.5 Å². The van der Waals surface area contributed by atoms with Crippen LogP contribution >= 0.6 is 0 Å². The number of anilines is 4. The van der Waals surface area contributed by atoms with Crippen LogP contribution in [-0.2, 0) is 0 Å². The highest BCUT2D eigenvalue weighted by Crippen LogP contribution is 2.33.